The lowest BCUT2D eigenvalue weighted by Gasteiger charge is -2.13. The molecule has 7 nitrogen and oxygen atoms in total. The summed E-state index contributed by atoms with van der Waals surface area (Å²) in [7, 11) is 1.75. The largest absolute Gasteiger partial charge is 0.311 e. The number of nitrogens with zero attached hydrogens (tertiary/aromatic N) is 3. The van der Waals surface area contributed by atoms with Gasteiger partial charge < -0.3 is 5.32 Å². The van der Waals surface area contributed by atoms with Gasteiger partial charge >= 0.3 is 0 Å². The highest BCUT2D eigenvalue weighted by Gasteiger charge is 2.34. The number of fused-ring (bicyclic) bond motifs is 1. The van der Waals surface area contributed by atoms with E-state index in [0.717, 1.165) is 5.69 Å². The van der Waals surface area contributed by atoms with Gasteiger partial charge in [-0.1, -0.05) is 12.1 Å². The number of anilines is 1. The van der Waals surface area contributed by atoms with E-state index in [2.05, 4.69) is 10.4 Å². The van der Waals surface area contributed by atoms with E-state index in [0.29, 0.717) is 23.4 Å². The molecule has 2 aromatic rings. The van der Waals surface area contributed by atoms with Gasteiger partial charge in [0.15, 0.2) is 0 Å². The lowest BCUT2D eigenvalue weighted by molar-refractivity contribution is -0.116. The van der Waals surface area contributed by atoms with E-state index in [-0.39, 0.29) is 30.7 Å². The van der Waals surface area contributed by atoms with Crippen molar-refractivity contribution in [1.82, 2.24) is 14.7 Å². The number of carbonyl (C=O) groups excluding carboxylic acids is 3. The average molecular weight is 326 g/mol. The highest BCUT2D eigenvalue weighted by Crippen LogP contribution is 2.22. The summed E-state index contributed by atoms with van der Waals surface area (Å²) < 4.78 is 1.59. The Hall–Kier alpha value is -2.96. The van der Waals surface area contributed by atoms with Crippen molar-refractivity contribution in [2.24, 2.45) is 7.05 Å². The van der Waals surface area contributed by atoms with Crippen LogP contribution in [0, 0.1) is 6.92 Å². The minimum atomic E-state index is -0.293. The second-order valence-corrected chi connectivity index (χ2v) is 5.75. The maximum absolute atomic E-state index is 12.2. The summed E-state index contributed by atoms with van der Waals surface area (Å²) in [5.41, 5.74) is 1.67. The van der Waals surface area contributed by atoms with E-state index in [1.165, 1.54) is 4.90 Å². The Kier molecular flexibility index (Phi) is 4.16. The summed E-state index contributed by atoms with van der Waals surface area (Å²) in [6.07, 6.45) is 0.631. The highest BCUT2D eigenvalue weighted by molar-refractivity contribution is 6.21. The molecule has 0 aliphatic carbocycles. The lowest BCUT2D eigenvalue weighted by atomic mass is 10.1. The minimum absolute atomic E-state index is 0.172. The van der Waals surface area contributed by atoms with Crippen LogP contribution in [0.4, 0.5) is 5.82 Å². The molecule has 3 rings (SSSR count). The molecule has 24 heavy (non-hydrogen) atoms. The molecule has 1 aliphatic heterocycles. The number of hydrogen-bond acceptors (Lipinski definition) is 4. The quantitative estimate of drug-likeness (QED) is 0.848. The van der Waals surface area contributed by atoms with Gasteiger partial charge in [0.2, 0.25) is 5.91 Å². The first-order chi connectivity index (χ1) is 11.5. The van der Waals surface area contributed by atoms with Crippen molar-refractivity contribution in [3.05, 3.63) is 47.2 Å². The van der Waals surface area contributed by atoms with Crippen LogP contribution in [0.5, 0.6) is 0 Å². The lowest BCUT2D eigenvalue weighted by Crippen LogP contribution is -2.31. The Morgan fingerprint density at radius 3 is 2.33 bits per heavy atom. The predicted octanol–water partition coefficient (Wildman–Crippen LogP) is 1.74. The van der Waals surface area contributed by atoms with Gasteiger partial charge in [-0.25, -0.2) is 0 Å². The summed E-state index contributed by atoms with van der Waals surface area (Å²) in [5, 5.41) is 6.92. The molecule has 0 spiro atoms. The van der Waals surface area contributed by atoms with Crippen molar-refractivity contribution < 1.29 is 14.4 Å². The molecule has 7 heteroatoms. The van der Waals surface area contributed by atoms with Gasteiger partial charge in [0.1, 0.15) is 5.82 Å². The fourth-order valence-corrected chi connectivity index (χ4v) is 2.77. The first-order valence-corrected chi connectivity index (χ1v) is 7.73. The van der Waals surface area contributed by atoms with Crippen LogP contribution in [0.15, 0.2) is 30.3 Å². The second kappa shape index (κ2) is 6.27. The maximum Gasteiger partial charge on any atom is 0.261 e. The number of rotatable bonds is 5. The van der Waals surface area contributed by atoms with Crippen molar-refractivity contribution in [3.8, 4) is 0 Å². The van der Waals surface area contributed by atoms with Crippen LogP contribution in [-0.4, -0.2) is 38.9 Å². The molecular weight excluding hydrogens is 308 g/mol. The molecule has 0 fully saturated rings. The molecule has 0 saturated carbocycles. The molecule has 2 heterocycles. The van der Waals surface area contributed by atoms with Gasteiger partial charge in [0.05, 0.1) is 16.8 Å². The Balaban J connectivity index is 1.54. The molecule has 124 valence electrons. The van der Waals surface area contributed by atoms with Gasteiger partial charge in [-0.05, 0) is 25.5 Å². The molecule has 0 saturated heterocycles. The molecule has 3 amide bonds. The number of aromatic nitrogens is 2. The van der Waals surface area contributed by atoms with Gasteiger partial charge in [-0.3, -0.25) is 24.0 Å². The second-order valence-electron chi connectivity index (χ2n) is 5.75. The Bertz CT molecular complexity index is 790. The summed E-state index contributed by atoms with van der Waals surface area (Å²) in [6, 6.07) is 8.54. The molecule has 1 aromatic heterocycles. The van der Waals surface area contributed by atoms with E-state index in [1.54, 1.807) is 42.1 Å². The van der Waals surface area contributed by atoms with E-state index >= 15 is 0 Å². The van der Waals surface area contributed by atoms with Crippen molar-refractivity contribution >= 4 is 23.5 Å². The fourth-order valence-electron chi connectivity index (χ4n) is 2.77. The summed E-state index contributed by atoms with van der Waals surface area (Å²) in [4.78, 5) is 37.6. The summed E-state index contributed by atoms with van der Waals surface area (Å²) in [5.74, 6) is -0.135. The molecule has 0 bridgehead atoms. The molecule has 0 radical (unpaired) electrons. The first kappa shape index (κ1) is 15.9. The zero-order valence-corrected chi connectivity index (χ0v) is 13.6. The molecule has 1 aromatic carbocycles. The normalized spacial score (nSPS) is 13.3. The minimum Gasteiger partial charge on any atom is -0.311 e. The number of imide groups is 1. The van der Waals surface area contributed by atoms with Crippen LogP contribution < -0.4 is 5.32 Å². The van der Waals surface area contributed by atoms with Crippen molar-refractivity contribution in [1.29, 1.82) is 0 Å². The van der Waals surface area contributed by atoms with E-state index in [4.69, 9.17) is 0 Å². The Labute approximate surface area is 139 Å². The third kappa shape index (κ3) is 2.92. The van der Waals surface area contributed by atoms with Crippen molar-refractivity contribution in [2.45, 2.75) is 19.8 Å². The number of carbonyl (C=O) groups is 3. The molecule has 0 atom stereocenters. The van der Waals surface area contributed by atoms with E-state index in [1.807, 2.05) is 6.92 Å². The van der Waals surface area contributed by atoms with Gasteiger partial charge in [-0.15, -0.1) is 0 Å². The predicted molar refractivity (Wildman–Crippen MR) is 87.6 cm³/mol. The Morgan fingerprint density at radius 2 is 1.79 bits per heavy atom. The van der Waals surface area contributed by atoms with Crippen LogP contribution in [0.25, 0.3) is 0 Å². The fraction of sp³-hybridized carbons (Fsp3) is 0.294. The van der Waals surface area contributed by atoms with Gasteiger partial charge in [0, 0.05) is 26.1 Å². The number of aryl methyl sites for hydroxylation is 2. The molecular formula is C17H18N4O3. The smallest absolute Gasteiger partial charge is 0.261 e. The molecule has 1 aliphatic rings. The van der Waals surface area contributed by atoms with Gasteiger partial charge in [0.25, 0.3) is 11.8 Å². The number of hydrogen-bond donors (Lipinski definition) is 1. The van der Waals surface area contributed by atoms with Crippen LogP contribution >= 0.6 is 0 Å². The molecule has 0 unspecified atom stereocenters. The summed E-state index contributed by atoms with van der Waals surface area (Å²) in [6.45, 7) is 2.07. The van der Waals surface area contributed by atoms with E-state index in [9.17, 15) is 14.4 Å². The third-order valence-electron chi connectivity index (χ3n) is 3.93. The van der Waals surface area contributed by atoms with Crippen molar-refractivity contribution in [3.63, 3.8) is 0 Å². The number of amides is 3. The van der Waals surface area contributed by atoms with Crippen LogP contribution in [0.2, 0.25) is 0 Å². The van der Waals surface area contributed by atoms with Crippen LogP contribution in [-0.2, 0) is 11.8 Å². The monoisotopic (exact) mass is 326 g/mol. The Morgan fingerprint density at radius 1 is 1.17 bits per heavy atom. The van der Waals surface area contributed by atoms with Crippen molar-refractivity contribution in [2.75, 3.05) is 11.9 Å². The number of nitrogens with one attached hydrogen (secondary N) is 1. The maximum atomic E-state index is 12.2. The highest BCUT2D eigenvalue weighted by atomic mass is 16.2. The number of benzene rings is 1. The zero-order chi connectivity index (χ0) is 17.3. The van der Waals surface area contributed by atoms with Crippen LogP contribution in [0.1, 0.15) is 39.3 Å². The third-order valence-corrected chi connectivity index (χ3v) is 3.93. The SMILES string of the molecule is Cc1cc(NC(=O)CCCN2C(=O)c3ccccc3C2=O)n(C)n1. The van der Waals surface area contributed by atoms with Crippen LogP contribution in [0.3, 0.4) is 0 Å². The zero-order valence-electron chi connectivity index (χ0n) is 13.6. The first-order valence-electron chi connectivity index (χ1n) is 7.73. The molecule has 1 N–H and O–H groups in total. The van der Waals surface area contributed by atoms with Gasteiger partial charge in [-0.2, -0.15) is 5.10 Å². The average Bonchev–Trinajstić information content (AvgIpc) is 2.99. The summed E-state index contributed by atoms with van der Waals surface area (Å²) >= 11 is 0. The van der Waals surface area contributed by atoms with E-state index < -0.39 is 0 Å². The standard InChI is InChI=1S/C17H18N4O3/c1-11-10-14(20(2)19-11)18-15(22)8-5-9-21-16(23)12-6-3-4-7-13(12)17(21)24/h3-4,6-7,10H,5,8-9H2,1-2H3,(H,18,22). The topological polar surface area (TPSA) is 84.3 Å².